The highest BCUT2D eigenvalue weighted by atomic mass is 16.5. The van der Waals surface area contributed by atoms with Gasteiger partial charge in [-0.05, 0) is 38.1 Å². The normalized spacial score (nSPS) is 10.2. The smallest absolute Gasteiger partial charge is 0.257 e. The molecule has 104 valence electrons. The van der Waals surface area contributed by atoms with Crippen LogP contribution >= 0.6 is 0 Å². The average molecular weight is 271 g/mol. The highest BCUT2D eigenvalue weighted by Gasteiger charge is 2.12. The van der Waals surface area contributed by atoms with Crippen molar-refractivity contribution in [2.75, 3.05) is 18.2 Å². The van der Waals surface area contributed by atoms with Crippen LogP contribution in [0, 0.1) is 13.8 Å². The van der Waals surface area contributed by atoms with Crippen molar-refractivity contribution in [3.05, 3.63) is 47.3 Å². The van der Waals surface area contributed by atoms with E-state index in [1.165, 1.54) is 0 Å². The lowest BCUT2D eigenvalue weighted by molar-refractivity contribution is 0.102. The van der Waals surface area contributed by atoms with Crippen molar-refractivity contribution in [1.82, 2.24) is 4.98 Å². The van der Waals surface area contributed by atoms with Crippen LogP contribution in [0.5, 0.6) is 5.75 Å². The highest BCUT2D eigenvalue weighted by Crippen LogP contribution is 2.21. The summed E-state index contributed by atoms with van der Waals surface area (Å²) in [5.74, 6) is 0.353. The summed E-state index contributed by atoms with van der Waals surface area (Å²) in [6, 6.07) is 8.64. The number of carbonyl (C=O) groups excluding carboxylic acids is 1. The van der Waals surface area contributed by atoms with Crippen molar-refractivity contribution in [2.24, 2.45) is 0 Å². The van der Waals surface area contributed by atoms with Gasteiger partial charge in [0, 0.05) is 17.4 Å². The molecule has 5 nitrogen and oxygen atoms in total. The first kappa shape index (κ1) is 13.9. The highest BCUT2D eigenvalue weighted by molar-refractivity contribution is 6.08. The molecule has 0 aliphatic rings. The van der Waals surface area contributed by atoms with E-state index < -0.39 is 0 Å². The summed E-state index contributed by atoms with van der Waals surface area (Å²) in [6.07, 6.45) is 0. The van der Waals surface area contributed by atoms with Gasteiger partial charge in [-0.3, -0.25) is 9.78 Å². The van der Waals surface area contributed by atoms with E-state index in [2.05, 4.69) is 10.3 Å². The maximum absolute atomic E-state index is 12.2. The minimum Gasteiger partial charge on any atom is -0.497 e. The zero-order chi connectivity index (χ0) is 14.7. The van der Waals surface area contributed by atoms with E-state index in [0.717, 1.165) is 11.4 Å². The molecule has 0 spiro atoms. The van der Waals surface area contributed by atoms with Gasteiger partial charge in [0.25, 0.3) is 5.91 Å². The van der Waals surface area contributed by atoms with E-state index in [0.29, 0.717) is 22.7 Å². The number of methoxy groups -OCH3 is 1. The molecule has 0 atom stereocenters. The first-order chi connectivity index (χ1) is 9.51. The Morgan fingerprint density at radius 2 is 2.00 bits per heavy atom. The van der Waals surface area contributed by atoms with Crippen molar-refractivity contribution in [3.8, 4) is 5.75 Å². The number of aromatic nitrogens is 1. The molecular weight excluding hydrogens is 254 g/mol. The van der Waals surface area contributed by atoms with E-state index in [4.69, 9.17) is 10.5 Å². The minimum atomic E-state index is -0.265. The third-order valence-electron chi connectivity index (χ3n) is 2.98. The number of nitrogen functional groups attached to an aromatic ring is 1. The average Bonchev–Trinajstić information content (AvgIpc) is 2.41. The number of anilines is 2. The first-order valence-electron chi connectivity index (χ1n) is 6.20. The predicted molar refractivity (Wildman–Crippen MR) is 79.1 cm³/mol. The quantitative estimate of drug-likeness (QED) is 0.841. The molecule has 0 fully saturated rings. The second-order valence-corrected chi connectivity index (χ2v) is 4.49. The Hall–Kier alpha value is -2.56. The molecule has 2 rings (SSSR count). The van der Waals surface area contributed by atoms with E-state index in [1.54, 1.807) is 25.3 Å². The number of rotatable bonds is 3. The number of amides is 1. The number of benzene rings is 1. The van der Waals surface area contributed by atoms with Gasteiger partial charge in [0.2, 0.25) is 0 Å². The molecule has 1 aromatic carbocycles. The van der Waals surface area contributed by atoms with Crippen LogP contribution in [0.1, 0.15) is 21.7 Å². The zero-order valence-corrected chi connectivity index (χ0v) is 11.7. The molecule has 2 aromatic rings. The van der Waals surface area contributed by atoms with Gasteiger partial charge in [0.15, 0.2) is 0 Å². The molecular formula is C15H17N3O2. The topological polar surface area (TPSA) is 77.2 Å². The number of nitrogens with zero attached hydrogens (tertiary/aromatic N) is 1. The van der Waals surface area contributed by atoms with Crippen LogP contribution in [-0.4, -0.2) is 18.0 Å². The number of carbonyl (C=O) groups is 1. The van der Waals surface area contributed by atoms with Crippen LogP contribution in [0.15, 0.2) is 30.3 Å². The standard InChI is InChI=1S/C15H17N3O2/c1-9-4-7-14(10(2)17-9)18-15(19)12-6-5-11(20-3)8-13(12)16/h4-8H,16H2,1-3H3,(H,18,19). The third kappa shape index (κ3) is 2.88. The Labute approximate surface area is 117 Å². The number of ether oxygens (including phenoxy) is 1. The van der Waals surface area contributed by atoms with Crippen LogP contribution in [0.3, 0.4) is 0 Å². The Morgan fingerprint density at radius 1 is 1.25 bits per heavy atom. The monoisotopic (exact) mass is 271 g/mol. The maximum Gasteiger partial charge on any atom is 0.257 e. The van der Waals surface area contributed by atoms with Crippen molar-refractivity contribution < 1.29 is 9.53 Å². The molecule has 1 heterocycles. The molecule has 0 unspecified atom stereocenters. The Bertz CT molecular complexity index is 654. The fourth-order valence-electron chi connectivity index (χ4n) is 1.88. The third-order valence-corrected chi connectivity index (χ3v) is 2.98. The van der Waals surface area contributed by atoms with Gasteiger partial charge >= 0.3 is 0 Å². The lowest BCUT2D eigenvalue weighted by atomic mass is 10.1. The minimum absolute atomic E-state index is 0.265. The molecule has 0 saturated heterocycles. The van der Waals surface area contributed by atoms with Crippen molar-refractivity contribution in [2.45, 2.75) is 13.8 Å². The van der Waals surface area contributed by atoms with Gasteiger partial charge < -0.3 is 15.8 Å². The van der Waals surface area contributed by atoms with Crippen molar-refractivity contribution in [1.29, 1.82) is 0 Å². The maximum atomic E-state index is 12.2. The summed E-state index contributed by atoms with van der Waals surface area (Å²) in [5.41, 5.74) is 8.99. The van der Waals surface area contributed by atoms with Gasteiger partial charge in [-0.15, -0.1) is 0 Å². The summed E-state index contributed by atoms with van der Waals surface area (Å²) in [7, 11) is 1.55. The van der Waals surface area contributed by atoms with Crippen LogP contribution < -0.4 is 15.8 Å². The van der Waals surface area contributed by atoms with E-state index in [-0.39, 0.29) is 5.91 Å². The zero-order valence-electron chi connectivity index (χ0n) is 11.7. The number of pyridine rings is 1. The molecule has 0 aliphatic carbocycles. The lowest BCUT2D eigenvalue weighted by Crippen LogP contribution is -2.15. The molecule has 0 bridgehead atoms. The second kappa shape index (κ2) is 5.61. The van der Waals surface area contributed by atoms with Gasteiger partial charge in [-0.1, -0.05) is 0 Å². The number of aryl methyl sites for hydroxylation is 2. The SMILES string of the molecule is COc1ccc(C(=O)Nc2ccc(C)nc2C)c(N)c1. The van der Waals surface area contributed by atoms with E-state index >= 15 is 0 Å². The van der Waals surface area contributed by atoms with Gasteiger partial charge in [-0.2, -0.15) is 0 Å². The van der Waals surface area contributed by atoms with E-state index in [1.807, 2.05) is 26.0 Å². The molecule has 5 heteroatoms. The first-order valence-corrected chi connectivity index (χ1v) is 6.20. The molecule has 20 heavy (non-hydrogen) atoms. The second-order valence-electron chi connectivity index (χ2n) is 4.49. The predicted octanol–water partition coefficient (Wildman–Crippen LogP) is 2.54. The fourth-order valence-corrected chi connectivity index (χ4v) is 1.88. The fraction of sp³-hybridized carbons (Fsp3) is 0.200. The molecule has 1 amide bonds. The van der Waals surface area contributed by atoms with Crippen LogP contribution in [0.2, 0.25) is 0 Å². The molecule has 0 aliphatic heterocycles. The molecule has 3 N–H and O–H groups in total. The number of nitrogens with two attached hydrogens (primary N) is 1. The molecule has 0 saturated carbocycles. The number of nitrogens with one attached hydrogen (secondary N) is 1. The van der Waals surface area contributed by atoms with Crippen molar-refractivity contribution in [3.63, 3.8) is 0 Å². The summed E-state index contributed by atoms with van der Waals surface area (Å²) in [4.78, 5) is 16.5. The Morgan fingerprint density at radius 3 is 2.60 bits per heavy atom. The van der Waals surface area contributed by atoms with Crippen LogP contribution in [0.25, 0.3) is 0 Å². The summed E-state index contributed by atoms with van der Waals surface area (Å²) >= 11 is 0. The summed E-state index contributed by atoms with van der Waals surface area (Å²) < 4.78 is 5.06. The summed E-state index contributed by atoms with van der Waals surface area (Å²) in [5, 5.41) is 2.81. The van der Waals surface area contributed by atoms with Crippen LogP contribution in [0.4, 0.5) is 11.4 Å². The Kier molecular flexibility index (Phi) is 3.89. The van der Waals surface area contributed by atoms with Gasteiger partial charge in [0.1, 0.15) is 5.75 Å². The van der Waals surface area contributed by atoms with Crippen LogP contribution in [-0.2, 0) is 0 Å². The largest absolute Gasteiger partial charge is 0.497 e. The summed E-state index contributed by atoms with van der Waals surface area (Å²) in [6.45, 7) is 3.75. The van der Waals surface area contributed by atoms with Crippen molar-refractivity contribution >= 4 is 17.3 Å². The van der Waals surface area contributed by atoms with Gasteiger partial charge in [0.05, 0.1) is 24.1 Å². The Balaban J connectivity index is 2.24. The number of hydrogen-bond acceptors (Lipinski definition) is 4. The molecule has 0 radical (unpaired) electrons. The number of hydrogen-bond donors (Lipinski definition) is 2. The van der Waals surface area contributed by atoms with Gasteiger partial charge in [-0.25, -0.2) is 0 Å². The molecule has 1 aromatic heterocycles. The van der Waals surface area contributed by atoms with E-state index in [9.17, 15) is 4.79 Å². The lowest BCUT2D eigenvalue weighted by Gasteiger charge is -2.10.